The van der Waals surface area contributed by atoms with E-state index in [0.717, 1.165) is 0 Å². The lowest BCUT2D eigenvalue weighted by molar-refractivity contribution is -0.143. The highest BCUT2D eigenvalue weighted by molar-refractivity contribution is 6.33. The van der Waals surface area contributed by atoms with E-state index in [4.69, 9.17) is 16.3 Å². The Morgan fingerprint density at radius 1 is 0.971 bits per heavy atom. The molecule has 1 aromatic heterocycles. The number of alkyl halides is 6. The third kappa shape index (κ3) is 5.37. The third-order valence-electron chi connectivity index (χ3n) is 5.39. The first-order valence-corrected chi connectivity index (χ1v) is 10.8. The zero-order chi connectivity index (χ0) is 25.4. The van der Waals surface area contributed by atoms with Gasteiger partial charge in [0.05, 0.1) is 23.4 Å². The van der Waals surface area contributed by atoms with Crippen LogP contribution in [0.3, 0.4) is 0 Å². The molecule has 0 atom stereocenters. The highest BCUT2D eigenvalue weighted by atomic mass is 35.5. The van der Waals surface area contributed by atoms with E-state index in [1.165, 1.54) is 17.2 Å². The van der Waals surface area contributed by atoms with Gasteiger partial charge in [0, 0.05) is 29.9 Å². The molecule has 0 bridgehead atoms. The Hall–Kier alpha value is -3.27. The monoisotopic (exact) mass is 514 g/mol. The van der Waals surface area contributed by atoms with E-state index in [1.807, 2.05) is 0 Å². The normalized spacial score (nSPS) is 14.7. The van der Waals surface area contributed by atoms with Crippen molar-refractivity contribution in [2.45, 2.75) is 25.3 Å². The van der Waals surface area contributed by atoms with Crippen molar-refractivity contribution in [1.29, 1.82) is 0 Å². The van der Waals surface area contributed by atoms with E-state index in [0.29, 0.717) is 29.1 Å². The van der Waals surface area contributed by atoms with Crippen LogP contribution >= 0.6 is 11.6 Å². The predicted octanol–water partition coefficient (Wildman–Crippen LogP) is 6.86. The molecule has 0 saturated carbocycles. The molecule has 2 aromatic carbocycles. The minimum Gasteiger partial charge on any atom is -0.493 e. The van der Waals surface area contributed by atoms with E-state index in [9.17, 15) is 31.1 Å². The minimum absolute atomic E-state index is 0.0309. The predicted molar refractivity (Wildman–Crippen MR) is 116 cm³/mol. The molecule has 4 rings (SSSR count). The summed E-state index contributed by atoms with van der Waals surface area (Å²) in [7, 11) is 0. The van der Waals surface area contributed by atoms with Crippen LogP contribution in [-0.2, 0) is 18.9 Å². The van der Waals surface area contributed by atoms with Gasteiger partial charge in [-0.2, -0.15) is 26.3 Å². The Labute approximate surface area is 201 Å². The van der Waals surface area contributed by atoms with Gasteiger partial charge in [0.15, 0.2) is 0 Å². The quantitative estimate of drug-likeness (QED) is 0.358. The second kappa shape index (κ2) is 9.41. The van der Waals surface area contributed by atoms with Gasteiger partial charge in [-0.1, -0.05) is 29.8 Å². The lowest BCUT2D eigenvalue weighted by atomic mass is 10.0. The van der Waals surface area contributed by atoms with Crippen molar-refractivity contribution in [3.05, 3.63) is 82.0 Å². The van der Waals surface area contributed by atoms with E-state index in [2.05, 4.69) is 4.98 Å². The van der Waals surface area contributed by atoms with E-state index < -0.39 is 35.9 Å². The molecule has 1 aliphatic heterocycles. The number of ether oxygens (including phenoxy) is 1. The molecule has 2 heterocycles. The largest absolute Gasteiger partial charge is 0.493 e. The molecule has 0 fully saturated rings. The molecule has 0 saturated heterocycles. The van der Waals surface area contributed by atoms with Crippen LogP contribution in [0.1, 0.15) is 33.5 Å². The summed E-state index contributed by atoms with van der Waals surface area (Å²) < 4.78 is 85.5. The Morgan fingerprint density at radius 2 is 1.63 bits per heavy atom. The Balaban J connectivity index is 1.78. The van der Waals surface area contributed by atoms with Gasteiger partial charge >= 0.3 is 12.4 Å². The van der Waals surface area contributed by atoms with Crippen molar-refractivity contribution in [2.24, 2.45) is 0 Å². The van der Waals surface area contributed by atoms with Crippen molar-refractivity contribution < 1.29 is 35.9 Å². The van der Waals surface area contributed by atoms with Crippen molar-refractivity contribution in [1.82, 2.24) is 9.88 Å². The third-order valence-corrected chi connectivity index (χ3v) is 5.72. The number of rotatable bonds is 3. The fraction of sp³-hybridized carbons (Fsp3) is 0.250. The number of fused-ring (bicyclic) bond motifs is 1. The Bertz CT molecular complexity index is 1230. The van der Waals surface area contributed by atoms with Gasteiger partial charge in [-0.15, -0.1) is 0 Å². The zero-order valence-electron chi connectivity index (χ0n) is 17.9. The lowest BCUT2D eigenvalue weighted by Crippen LogP contribution is -2.35. The average molecular weight is 515 g/mol. The number of carbonyl (C=O) groups is 1. The highest BCUT2D eigenvalue weighted by Gasteiger charge is 2.37. The van der Waals surface area contributed by atoms with Gasteiger partial charge in [-0.3, -0.25) is 9.78 Å². The Kier molecular flexibility index (Phi) is 6.68. The van der Waals surface area contributed by atoms with Crippen LogP contribution in [0.2, 0.25) is 5.02 Å². The van der Waals surface area contributed by atoms with Crippen molar-refractivity contribution in [3.63, 3.8) is 0 Å². The van der Waals surface area contributed by atoms with Crippen LogP contribution in [-0.4, -0.2) is 28.9 Å². The molecule has 3 aromatic rings. The van der Waals surface area contributed by atoms with Crippen molar-refractivity contribution >= 4 is 17.5 Å². The summed E-state index contributed by atoms with van der Waals surface area (Å²) in [6.45, 7) is -0.242. The van der Waals surface area contributed by atoms with Crippen molar-refractivity contribution in [2.75, 3.05) is 13.2 Å². The summed E-state index contributed by atoms with van der Waals surface area (Å²) in [6, 6.07) is 9.40. The maximum absolute atomic E-state index is 13.6. The van der Waals surface area contributed by atoms with Gasteiger partial charge in [-0.05, 0) is 42.3 Å². The van der Waals surface area contributed by atoms with Crippen LogP contribution in [0.25, 0.3) is 11.3 Å². The smallest absolute Gasteiger partial charge is 0.416 e. The van der Waals surface area contributed by atoms with Crippen LogP contribution < -0.4 is 4.74 Å². The van der Waals surface area contributed by atoms with Gasteiger partial charge in [0.1, 0.15) is 11.3 Å². The van der Waals surface area contributed by atoms with Crippen LogP contribution in [0, 0.1) is 0 Å². The molecule has 0 spiro atoms. The number of amides is 1. The first-order valence-electron chi connectivity index (χ1n) is 10.4. The number of carbonyl (C=O) groups excluding carboxylic acids is 1. The SMILES string of the molecule is O=C1c2c(ccnc2-c2ccccc2Cl)OCCCN1Cc1cc(C(F)(F)F)cc(C(F)(F)F)c1. The molecule has 0 N–H and O–H groups in total. The molecular formula is C24H17ClF6N2O2. The van der Waals surface area contributed by atoms with Gasteiger partial charge < -0.3 is 9.64 Å². The highest BCUT2D eigenvalue weighted by Crippen LogP contribution is 2.38. The number of pyridine rings is 1. The fourth-order valence-electron chi connectivity index (χ4n) is 3.81. The lowest BCUT2D eigenvalue weighted by Gasteiger charge is -2.28. The number of halogens is 7. The van der Waals surface area contributed by atoms with Crippen LogP contribution in [0.4, 0.5) is 26.3 Å². The number of aromatic nitrogens is 1. The molecule has 0 radical (unpaired) electrons. The maximum atomic E-state index is 13.6. The van der Waals surface area contributed by atoms with Gasteiger partial charge in [-0.25, -0.2) is 0 Å². The molecule has 1 aliphatic rings. The maximum Gasteiger partial charge on any atom is 0.416 e. The number of nitrogens with zero attached hydrogens (tertiary/aromatic N) is 2. The molecule has 11 heteroatoms. The average Bonchev–Trinajstić information content (AvgIpc) is 2.78. The number of hydrogen-bond donors (Lipinski definition) is 0. The summed E-state index contributed by atoms with van der Waals surface area (Å²) >= 11 is 6.29. The standard InChI is InChI=1S/C24H17ClF6N2O2/c25-18-5-2-1-4-17(18)21-20-19(6-7-32-21)35-9-3-8-33(22(20)34)13-14-10-15(23(26,27)28)12-16(11-14)24(29,30)31/h1-2,4-7,10-12H,3,8-9,13H2. The van der Waals surface area contributed by atoms with Gasteiger partial charge in [0.25, 0.3) is 5.91 Å². The number of benzene rings is 2. The summed E-state index contributed by atoms with van der Waals surface area (Å²) in [5.74, 6) is -0.446. The topological polar surface area (TPSA) is 42.4 Å². The summed E-state index contributed by atoms with van der Waals surface area (Å²) in [6.07, 6.45) is -8.23. The number of hydrogen-bond acceptors (Lipinski definition) is 3. The van der Waals surface area contributed by atoms with Crippen molar-refractivity contribution in [3.8, 4) is 17.0 Å². The second-order valence-corrected chi connectivity index (χ2v) is 8.26. The summed E-state index contributed by atoms with van der Waals surface area (Å²) in [5.41, 5.74) is -2.52. The molecule has 0 unspecified atom stereocenters. The van der Waals surface area contributed by atoms with E-state index >= 15 is 0 Å². The van der Waals surface area contributed by atoms with E-state index in [-0.39, 0.29) is 41.8 Å². The molecular weight excluding hydrogens is 498 g/mol. The molecule has 35 heavy (non-hydrogen) atoms. The summed E-state index contributed by atoms with van der Waals surface area (Å²) in [5, 5.41) is 0.308. The van der Waals surface area contributed by atoms with Gasteiger partial charge in [0.2, 0.25) is 0 Å². The molecule has 184 valence electrons. The summed E-state index contributed by atoms with van der Waals surface area (Å²) in [4.78, 5) is 19.0. The second-order valence-electron chi connectivity index (χ2n) is 7.86. The van der Waals surface area contributed by atoms with Crippen LogP contribution in [0.15, 0.2) is 54.7 Å². The zero-order valence-corrected chi connectivity index (χ0v) is 18.6. The molecule has 4 nitrogen and oxygen atoms in total. The molecule has 1 amide bonds. The van der Waals surface area contributed by atoms with Crippen LogP contribution in [0.5, 0.6) is 5.75 Å². The first kappa shape index (κ1) is 24.8. The van der Waals surface area contributed by atoms with E-state index in [1.54, 1.807) is 24.3 Å². The molecule has 0 aliphatic carbocycles. The Morgan fingerprint density at radius 3 is 2.26 bits per heavy atom. The fourth-order valence-corrected chi connectivity index (χ4v) is 4.03. The minimum atomic E-state index is -4.99. The first-order chi connectivity index (χ1) is 16.4.